The monoisotopic (exact) mass is 273 g/mol. The highest BCUT2D eigenvalue weighted by molar-refractivity contribution is 6.30. The van der Waals surface area contributed by atoms with Gasteiger partial charge in [0.1, 0.15) is 17.4 Å². The molecule has 0 aromatic heterocycles. The van der Waals surface area contributed by atoms with E-state index in [-0.39, 0.29) is 10.6 Å². The molecule has 0 radical (unpaired) electrons. The third kappa shape index (κ3) is 2.65. The fourth-order valence-electron chi connectivity index (χ4n) is 1.97. The number of hydrogen-bond donors (Lipinski definition) is 1. The van der Waals surface area contributed by atoms with Crippen molar-refractivity contribution in [2.75, 3.05) is 13.2 Å². The Morgan fingerprint density at radius 2 is 2.17 bits per heavy atom. The molecule has 1 N–H and O–H groups in total. The van der Waals surface area contributed by atoms with Crippen molar-refractivity contribution < 1.29 is 13.5 Å². The van der Waals surface area contributed by atoms with Crippen molar-refractivity contribution in [1.29, 1.82) is 0 Å². The number of halogens is 3. The van der Waals surface area contributed by atoms with Gasteiger partial charge in [-0.2, -0.15) is 0 Å². The van der Waals surface area contributed by atoms with E-state index in [4.69, 9.17) is 16.3 Å². The second-order valence-electron chi connectivity index (χ2n) is 4.02. The zero-order valence-corrected chi connectivity index (χ0v) is 10.7. The number of likely N-dealkylation sites (N-methyl/N-ethyl adjacent to an activating group) is 1. The lowest BCUT2D eigenvalue weighted by atomic mass is 10.0. The van der Waals surface area contributed by atoms with E-state index >= 15 is 0 Å². The lowest BCUT2D eigenvalue weighted by molar-refractivity contribution is 0.214. The molecule has 0 fully saturated rings. The maximum absolute atomic E-state index is 13.9. The van der Waals surface area contributed by atoms with Crippen LogP contribution in [0.2, 0.25) is 5.02 Å². The quantitative estimate of drug-likeness (QED) is 0.847. The van der Waals surface area contributed by atoms with Gasteiger partial charge in [0.25, 0.3) is 0 Å². The van der Waals surface area contributed by atoms with Crippen LogP contribution in [0.15, 0.2) is 24.0 Å². The molecule has 1 aromatic rings. The van der Waals surface area contributed by atoms with Gasteiger partial charge in [0.2, 0.25) is 0 Å². The molecule has 1 aromatic carbocycles. The Labute approximate surface area is 110 Å². The van der Waals surface area contributed by atoms with Gasteiger partial charge >= 0.3 is 0 Å². The van der Waals surface area contributed by atoms with E-state index in [0.29, 0.717) is 18.9 Å². The first-order valence-electron chi connectivity index (χ1n) is 5.84. The first kappa shape index (κ1) is 13.3. The molecule has 5 heteroatoms. The molecule has 0 saturated heterocycles. The van der Waals surface area contributed by atoms with Crippen molar-refractivity contribution in [3.05, 3.63) is 46.2 Å². The van der Waals surface area contributed by atoms with Crippen LogP contribution < -0.4 is 5.32 Å². The summed E-state index contributed by atoms with van der Waals surface area (Å²) in [5.41, 5.74) is 0.215. The number of rotatable bonds is 4. The molecule has 98 valence electrons. The Hall–Kier alpha value is -1.13. The molecule has 0 spiro atoms. The Kier molecular flexibility index (Phi) is 4.19. The Morgan fingerprint density at radius 3 is 2.78 bits per heavy atom. The van der Waals surface area contributed by atoms with Gasteiger partial charge in [0, 0.05) is 12.0 Å². The fraction of sp³-hybridized carbons (Fsp3) is 0.385. The molecule has 0 amide bonds. The van der Waals surface area contributed by atoms with Crippen molar-refractivity contribution in [3.63, 3.8) is 0 Å². The zero-order chi connectivity index (χ0) is 13.1. The second-order valence-corrected chi connectivity index (χ2v) is 4.43. The van der Waals surface area contributed by atoms with Crippen LogP contribution in [0.25, 0.3) is 0 Å². The van der Waals surface area contributed by atoms with Crippen LogP contribution in [0.3, 0.4) is 0 Å². The number of nitrogens with one attached hydrogen (secondary N) is 1. The van der Waals surface area contributed by atoms with Gasteiger partial charge in [0.15, 0.2) is 0 Å². The summed E-state index contributed by atoms with van der Waals surface area (Å²) in [5, 5.41) is 2.87. The molecule has 1 heterocycles. The third-order valence-electron chi connectivity index (χ3n) is 2.78. The van der Waals surface area contributed by atoms with Crippen molar-refractivity contribution in [1.82, 2.24) is 5.32 Å². The topological polar surface area (TPSA) is 21.3 Å². The average Bonchev–Trinajstić information content (AvgIpc) is 2.85. The molecule has 1 aliphatic heterocycles. The molecule has 1 aliphatic rings. The van der Waals surface area contributed by atoms with Crippen LogP contribution in [-0.4, -0.2) is 13.2 Å². The highest BCUT2D eigenvalue weighted by Gasteiger charge is 2.24. The molecular formula is C13H14ClF2NO. The van der Waals surface area contributed by atoms with Gasteiger partial charge in [-0.3, -0.25) is 0 Å². The first-order chi connectivity index (χ1) is 8.63. The van der Waals surface area contributed by atoms with Gasteiger partial charge < -0.3 is 10.1 Å². The summed E-state index contributed by atoms with van der Waals surface area (Å²) in [5.74, 6) is -0.532. The molecule has 1 unspecified atom stereocenters. The second kappa shape index (κ2) is 5.67. The molecule has 0 bridgehead atoms. The predicted octanol–water partition coefficient (Wildman–Crippen LogP) is 3.57. The lowest BCUT2D eigenvalue weighted by Crippen LogP contribution is -2.24. The van der Waals surface area contributed by atoms with Crippen LogP contribution in [0.1, 0.15) is 24.9 Å². The van der Waals surface area contributed by atoms with Crippen LogP contribution in [0.4, 0.5) is 8.78 Å². The molecule has 2 rings (SSSR count). The van der Waals surface area contributed by atoms with Crippen LogP contribution in [-0.2, 0) is 4.74 Å². The summed E-state index contributed by atoms with van der Waals surface area (Å²) >= 11 is 5.55. The largest absolute Gasteiger partial charge is 0.496 e. The highest BCUT2D eigenvalue weighted by Crippen LogP contribution is 2.30. The summed E-state index contributed by atoms with van der Waals surface area (Å²) < 4.78 is 32.8. The molecule has 0 aliphatic carbocycles. The standard InChI is InChI=1S/C13H14ClF2NO/c1-2-17-13(12-4-3-5-18-12)8-6-11(16)9(14)7-10(8)15/h4,6-7,13,17H,2-3,5H2,1H3. The minimum atomic E-state index is -0.630. The number of ether oxygens (including phenoxy) is 1. The molecule has 18 heavy (non-hydrogen) atoms. The molecule has 0 saturated carbocycles. The van der Waals surface area contributed by atoms with E-state index in [0.717, 1.165) is 18.6 Å². The lowest BCUT2D eigenvalue weighted by Gasteiger charge is -2.20. The zero-order valence-electron chi connectivity index (χ0n) is 9.97. The van der Waals surface area contributed by atoms with E-state index in [1.165, 1.54) is 0 Å². The SMILES string of the molecule is CCNC(C1=CCCO1)c1cc(F)c(Cl)cc1F. The van der Waals surface area contributed by atoms with E-state index in [2.05, 4.69) is 5.32 Å². The summed E-state index contributed by atoms with van der Waals surface area (Å²) in [6, 6.07) is 1.64. The van der Waals surface area contributed by atoms with Gasteiger partial charge in [-0.15, -0.1) is 0 Å². The van der Waals surface area contributed by atoms with E-state index < -0.39 is 17.7 Å². The van der Waals surface area contributed by atoms with Crippen molar-refractivity contribution in [2.24, 2.45) is 0 Å². The number of hydrogen-bond acceptors (Lipinski definition) is 2. The Morgan fingerprint density at radius 1 is 1.39 bits per heavy atom. The number of benzene rings is 1. The average molecular weight is 274 g/mol. The minimum Gasteiger partial charge on any atom is -0.496 e. The summed E-state index contributed by atoms with van der Waals surface area (Å²) in [6.07, 6.45) is 2.67. The summed E-state index contributed by atoms with van der Waals surface area (Å²) in [6.45, 7) is 3.09. The maximum atomic E-state index is 13.9. The van der Waals surface area contributed by atoms with Gasteiger partial charge in [-0.25, -0.2) is 8.78 Å². The Bertz CT molecular complexity index is 476. The highest BCUT2D eigenvalue weighted by atomic mass is 35.5. The van der Waals surface area contributed by atoms with E-state index in [9.17, 15) is 8.78 Å². The van der Waals surface area contributed by atoms with E-state index in [1.54, 1.807) is 0 Å². The Balaban J connectivity index is 2.38. The molecule has 1 atom stereocenters. The summed E-state index contributed by atoms with van der Waals surface area (Å²) in [4.78, 5) is 0. The maximum Gasteiger partial charge on any atom is 0.142 e. The van der Waals surface area contributed by atoms with Crippen molar-refractivity contribution in [3.8, 4) is 0 Å². The van der Waals surface area contributed by atoms with Gasteiger partial charge in [-0.1, -0.05) is 18.5 Å². The van der Waals surface area contributed by atoms with E-state index in [1.807, 2.05) is 13.0 Å². The molecule has 2 nitrogen and oxygen atoms in total. The van der Waals surface area contributed by atoms with Crippen LogP contribution >= 0.6 is 11.6 Å². The van der Waals surface area contributed by atoms with Crippen molar-refractivity contribution >= 4 is 11.6 Å². The first-order valence-corrected chi connectivity index (χ1v) is 6.22. The van der Waals surface area contributed by atoms with Gasteiger partial charge in [-0.05, 0) is 24.8 Å². The smallest absolute Gasteiger partial charge is 0.142 e. The third-order valence-corrected chi connectivity index (χ3v) is 3.07. The predicted molar refractivity (Wildman–Crippen MR) is 66.4 cm³/mol. The minimum absolute atomic E-state index is 0.215. The van der Waals surface area contributed by atoms with Gasteiger partial charge in [0.05, 0.1) is 17.7 Å². The van der Waals surface area contributed by atoms with Crippen LogP contribution in [0.5, 0.6) is 0 Å². The van der Waals surface area contributed by atoms with Crippen molar-refractivity contribution in [2.45, 2.75) is 19.4 Å². The van der Waals surface area contributed by atoms with Crippen LogP contribution in [0, 0.1) is 11.6 Å². The molecular weight excluding hydrogens is 260 g/mol. The summed E-state index contributed by atoms with van der Waals surface area (Å²) in [7, 11) is 0. The normalized spacial score (nSPS) is 16.3. The fourth-order valence-corrected chi connectivity index (χ4v) is 2.12.